The SMILES string of the molecule is NC(=O)C1(NCC2CCCO2)CCOCC1. The fraction of sp³-hybridized carbons (Fsp3) is 0.909. The topological polar surface area (TPSA) is 73.6 Å². The zero-order chi connectivity index (χ0) is 11.4. The van der Waals surface area contributed by atoms with E-state index in [4.69, 9.17) is 15.2 Å². The van der Waals surface area contributed by atoms with E-state index in [1.165, 1.54) is 0 Å². The average molecular weight is 228 g/mol. The highest BCUT2D eigenvalue weighted by molar-refractivity contribution is 5.84. The molecule has 5 nitrogen and oxygen atoms in total. The second-order valence-corrected chi connectivity index (χ2v) is 4.57. The van der Waals surface area contributed by atoms with Gasteiger partial charge in [-0.05, 0) is 25.7 Å². The van der Waals surface area contributed by atoms with E-state index in [0.717, 1.165) is 19.4 Å². The molecule has 0 spiro atoms. The highest BCUT2D eigenvalue weighted by atomic mass is 16.5. The van der Waals surface area contributed by atoms with Gasteiger partial charge >= 0.3 is 0 Å². The number of carbonyl (C=O) groups excluding carboxylic acids is 1. The van der Waals surface area contributed by atoms with E-state index in [-0.39, 0.29) is 12.0 Å². The van der Waals surface area contributed by atoms with Crippen LogP contribution in [-0.4, -0.2) is 43.9 Å². The number of primary amides is 1. The Hall–Kier alpha value is -0.650. The summed E-state index contributed by atoms with van der Waals surface area (Å²) < 4.78 is 10.8. The Kier molecular flexibility index (Phi) is 3.78. The minimum Gasteiger partial charge on any atom is -0.381 e. The summed E-state index contributed by atoms with van der Waals surface area (Å²) in [4.78, 5) is 11.5. The average Bonchev–Trinajstić information content (AvgIpc) is 2.80. The molecule has 2 rings (SSSR count). The maximum absolute atomic E-state index is 11.5. The molecule has 0 radical (unpaired) electrons. The van der Waals surface area contributed by atoms with Crippen LogP contribution in [0.2, 0.25) is 0 Å². The molecule has 3 N–H and O–H groups in total. The summed E-state index contributed by atoms with van der Waals surface area (Å²) >= 11 is 0. The fourth-order valence-electron chi connectivity index (χ4n) is 2.34. The monoisotopic (exact) mass is 228 g/mol. The van der Waals surface area contributed by atoms with Crippen LogP contribution in [0.1, 0.15) is 25.7 Å². The van der Waals surface area contributed by atoms with Gasteiger partial charge in [-0.3, -0.25) is 4.79 Å². The van der Waals surface area contributed by atoms with Crippen molar-refractivity contribution in [1.82, 2.24) is 5.32 Å². The molecule has 0 aromatic heterocycles. The van der Waals surface area contributed by atoms with E-state index < -0.39 is 5.54 Å². The first-order chi connectivity index (χ1) is 7.73. The smallest absolute Gasteiger partial charge is 0.237 e. The molecule has 5 heteroatoms. The summed E-state index contributed by atoms with van der Waals surface area (Å²) in [5.41, 5.74) is 4.91. The normalized spacial score (nSPS) is 29.1. The van der Waals surface area contributed by atoms with Crippen LogP contribution in [0.5, 0.6) is 0 Å². The van der Waals surface area contributed by atoms with Gasteiger partial charge in [0.15, 0.2) is 0 Å². The Morgan fingerprint density at radius 3 is 2.69 bits per heavy atom. The largest absolute Gasteiger partial charge is 0.381 e. The fourth-order valence-corrected chi connectivity index (χ4v) is 2.34. The lowest BCUT2D eigenvalue weighted by Crippen LogP contribution is -2.59. The molecule has 0 saturated carbocycles. The minimum absolute atomic E-state index is 0.235. The number of nitrogens with two attached hydrogens (primary N) is 1. The molecule has 0 aliphatic carbocycles. The summed E-state index contributed by atoms with van der Waals surface area (Å²) in [6, 6.07) is 0. The summed E-state index contributed by atoms with van der Waals surface area (Å²) in [5, 5.41) is 3.30. The number of amides is 1. The molecular weight excluding hydrogens is 208 g/mol. The van der Waals surface area contributed by atoms with Crippen LogP contribution >= 0.6 is 0 Å². The third kappa shape index (κ3) is 2.53. The second kappa shape index (κ2) is 5.12. The third-order valence-electron chi connectivity index (χ3n) is 3.51. The van der Waals surface area contributed by atoms with Crippen molar-refractivity contribution in [3.8, 4) is 0 Å². The molecule has 1 amide bonds. The number of carbonyl (C=O) groups is 1. The number of ether oxygens (including phenoxy) is 2. The minimum atomic E-state index is -0.579. The third-order valence-corrected chi connectivity index (χ3v) is 3.51. The Morgan fingerprint density at radius 1 is 1.38 bits per heavy atom. The van der Waals surface area contributed by atoms with Crippen LogP contribution in [-0.2, 0) is 14.3 Å². The molecule has 2 heterocycles. The van der Waals surface area contributed by atoms with Crippen molar-refractivity contribution in [3.05, 3.63) is 0 Å². The van der Waals surface area contributed by atoms with E-state index in [9.17, 15) is 4.79 Å². The van der Waals surface area contributed by atoms with E-state index >= 15 is 0 Å². The molecule has 0 bridgehead atoms. The van der Waals surface area contributed by atoms with Crippen LogP contribution in [0.15, 0.2) is 0 Å². The van der Waals surface area contributed by atoms with Gasteiger partial charge in [0.2, 0.25) is 5.91 Å². The summed E-state index contributed by atoms with van der Waals surface area (Å²) in [5.74, 6) is -0.270. The lowest BCUT2D eigenvalue weighted by molar-refractivity contribution is -0.128. The number of rotatable bonds is 4. The maximum atomic E-state index is 11.5. The van der Waals surface area contributed by atoms with Crippen molar-refractivity contribution < 1.29 is 14.3 Å². The summed E-state index contributed by atoms with van der Waals surface area (Å²) in [6.45, 7) is 2.74. The van der Waals surface area contributed by atoms with Gasteiger partial charge in [-0.15, -0.1) is 0 Å². The molecule has 0 aromatic carbocycles. The zero-order valence-electron chi connectivity index (χ0n) is 9.54. The van der Waals surface area contributed by atoms with Gasteiger partial charge in [0.1, 0.15) is 5.54 Å². The Labute approximate surface area is 95.7 Å². The van der Waals surface area contributed by atoms with Gasteiger partial charge in [0, 0.05) is 26.4 Å². The Morgan fingerprint density at radius 2 is 2.12 bits per heavy atom. The molecule has 2 aliphatic heterocycles. The van der Waals surface area contributed by atoms with E-state index in [1.807, 2.05) is 0 Å². The molecule has 2 saturated heterocycles. The summed E-state index contributed by atoms with van der Waals surface area (Å²) in [7, 11) is 0. The predicted octanol–water partition coefficient (Wildman–Crippen LogP) is -0.211. The van der Waals surface area contributed by atoms with Gasteiger partial charge in [-0.25, -0.2) is 0 Å². The summed E-state index contributed by atoms with van der Waals surface area (Å²) in [6.07, 6.45) is 3.74. The van der Waals surface area contributed by atoms with Crippen LogP contribution in [0, 0.1) is 0 Å². The molecule has 2 aliphatic rings. The van der Waals surface area contributed by atoms with Gasteiger partial charge < -0.3 is 20.5 Å². The Bertz CT molecular complexity index is 246. The van der Waals surface area contributed by atoms with E-state index in [0.29, 0.717) is 32.6 Å². The second-order valence-electron chi connectivity index (χ2n) is 4.57. The van der Waals surface area contributed by atoms with Crippen molar-refractivity contribution in [2.45, 2.75) is 37.3 Å². The number of hydrogen-bond acceptors (Lipinski definition) is 4. The van der Waals surface area contributed by atoms with Gasteiger partial charge in [-0.1, -0.05) is 0 Å². The zero-order valence-corrected chi connectivity index (χ0v) is 9.54. The first kappa shape index (κ1) is 11.8. The molecule has 2 fully saturated rings. The van der Waals surface area contributed by atoms with Gasteiger partial charge in [0.25, 0.3) is 0 Å². The first-order valence-electron chi connectivity index (χ1n) is 5.97. The van der Waals surface area contributed by atoms with E-state index in [1.54, 1.807) is 0 Å². The standard InChI is InChI=1S/C11H20N2O3/c12-10(14)11(3-6-15-7-4-11)13-8-9-2-1-5-16-9/h9,13H,1-8H2,(H2,12,14). The molecule has 1 atom stereocenters. The lowest BCUT2D eigenvalue weighted by Gasteiger charge is -2.35. The highest BCUT2D eigenvalue weighted by Crippen LogP contribution is 2.21. The molecule has 0 aromatic rings. The highest BCUT2D eigenvalue weighted by Gasteiger charge is 2.38. The van der Waals surface area contributed by atoms with Crippen molar-refractivity contribution in [1.29, 1.82) is 0 Å². The van der Waals surface area contributed by atoms with Crippen molar-refractivity contribution in [2.75, 3.05) is 26.4 Å². The predicted molar refractivity (Wildman–Crippen MR) is 59.0 cm³/mol. The van der Waals surface area contributed by atoms with Gasteiger partial charge in [0.05, 0.1) is 6.10 Å². The quantitative estimate of drug-likeness (QED) is 0.698. The van der Waals surface area contributed by atoms with Crippen molar-refractivity contribution >= 4 is 5.91 Å². The maximum Gasteiger partial charge on any atom is 0.237 e. The van der Waals surface area contributed by atoms with Crippen LogP contribution in [0.4, 0.5) is 0 Å². The van der Waals surface area contributed by atoms with Crippen molar-refractivity contribution in [2.24, 2.45) is 5.73 Å². The molecule has 1 unspecified atom stereocenters. The first-order valence-corrected chi connectivity index (χ1v) is 5.97. The van der Waals surface area contributed by atoms with Crippen LogP contribution in [0.25, 0.3) is 0 Å². The van der Waals surface area contributed by atoms with Crippen LogP contribution < -0.4 is 11.1 Å². The van der Waals surface area contributed by atoms with E-state index in [2.05, 4.69) is 5.32 Å². The Balaban J connectivity index is 1.88. The lowest BCUT2D eigenvalue weighted by atomic mass is 9.89. The van der Waals surface area contributed by atoms with Crippen LogP contribution in [0.3, 0.4) is 0 Å². The molecule has 92 valence electrons. The number of hydrogen-bond donors (Lipinski definition) is 2. The molecular formula is C11H20N2O3. The number of nitrogens with one attached hydrogen (secondary N) is 1. The van der Waals surface area contributed by atoms with Crippen molar-refractivity contribution in [3.63, 3.8) is 0 Å². The van der Waals surface area contributed by atoms with Gasteiger partial charge in [-0.2, -0.15) is 0 Å². The molecule has 16 heavy (non-hydrogen) atoms.